The molecule has 0 atom stereocenters. The van der Waals surface area contributed by atoms with Crippen LogP contribution in [0.2, 0.25) is 0 Å². The van der Waals surface area contributed by atoms with E-state index in [4.69, 9.17) is 11.5 Å². The van der Waals surface area contributed by atoms with E-state index in [1.54, 1.807) is 0 Å². The monoisotopic (exact) mass is 1140 g/mol. The van der Waals surface area contributed by atoms with Crippen molar-refractivity contribution >= 4 is 107 Å². The van der Waals surface area contributed by atoms with E-state index in [-0.39, 0.29) is 177 Å². The molecule has 6 rings (SSSR count). The number of ketones is 2. The van der Waals surface area contributed by atoms with Crippen molar-refractivity contribution in [3.05, 3.63) is 109 Å². The van der Waals surface area contributed by atoms with Crippen LogP contribution in [-0.4, -0.2) is 101 Å². The standard InChI is InChI=1S/C32H24N6O20S6.6Na/c33-21-11-17(59(41,42)43)5-13-7-26(64(56,57)58)31(32(40)27(13)21)38-36-16-2-4-20(24(10-16)62(50,51)52)19-3-1-15(9-23(19)61(47,48)49)35-37-30-25(63(53,54)55)8-14-6-18(60(44,45)46)12-22(39)28(14)29(30)34;;;;;;/h1-12,35-36H,33-34H2,(H,41,42,43)(H,44,45,46)(H,47,48,49)(H,50,51,52)(H,53,54,55)(H,56,57,58);;;;;;/q;6*+1/p-6/b37-30+,38-31-;;;;;;. The molecule has 3 aromatic carbocycles. The van der Waals surface area contributed by atoms with Gasteiger partial charge in [-0.1, -0.05) is 12.1 Å². The van der Waals surface area contributed by atoms with Crippen molar-refractivity contribution in [1.82, 2.24) is 0 Å². The largest absolute Gasteiger partial charge is 1.00 e. The molecule has 0 fully saturated rings. The fourth-order valence-electron chi connectivity index (χ4n) is 6.12. The van der Waals surface area contributed by atoms with E-state index >= 15 is 0 Å². The van der Waals surface area contributed by atoms with Crippen molar-refractivity contribution < 1.29 is 265 Å². The van der Waals surface area contributed by atoms with Gasteiger partial charge in [0.05, 0.1) is 57.6 Å². The van der Waals surface area contributed by atoms with E-state index in [9.17, 15) is 87.4 Å². The van der Waals surface area contributed by atoms with Crippen molar-refractivity contribution in [2.24, 2.45) is 15.9 Å². The van der Waals surface area contributed by atoms with E-state index in [1.165, 1.54) is 0 Å². The summed E-state index contributed by atoms with van der Waals surface area (Å²) in [7, 11) is -33.1. The molecule has 38 heteroatoms. The molecule has 0 heterocycles. The first kappa shape index (κ1) is 69.7. The number of carbonyl (C=O) groups excluding carboxylic acids is 2. The van der Waals surface area contributed by atoms with Gasteiger partial charge in [-0.3, -0.25) is 20.4 Å². The summed E-state index contributed by atoms with van der Waals surface area (Å²) in [6.45, 7) is 0. The van der Waals surface area contributed by atoms with Crippen molar-refractivity contribution in [2.45, 2.75) is 14.7 Å². The van der Waals surface area contributed by atoms with Crippen molar-refractivity contribution in [3.63, 3.8) is 0 Å². The van der Waals surface area contributed by atoms with E-state index < -0.39 is 169 Å². The summed E-state index contributed by atoms with van der Waals surface area (Å²) < 4.78 is 217. The van der Waals surface area contributed by atoms with Gasteiger partial charge < -0.3 is 38.8 Å². The molecule has 0 amide bonds. The molecule has 26 nitrogen and oxygen atoms in total. The average Bonchev–Trinajstić information content (AvgIpc) is 3.14. The smallest absolute Gasteiger partial charge is 0.744 e. The Labute approximate surface area is 530 Å². The zero-order valence-electron chi connectivity index (χ0n) is 36.6. The summed E-state index contributed by atoms with van der Waals surface area (Å²) in [5.41, 5.74) is 7.09. The summed E-state index contributed by atoms with van der Waals surface area (Å²) in [5.74, 6) is -2.65. The molecule has 0 aromatic heterocycles. The Hall–Kier alpha value is -0.300. The van der Waals surface area contributed by atoms with Crippen LogP contribution in [0.25, 0.3) is 17.2 Å². The minimum Gasteiger partial charge on any atom is -0.744 e. The molecule has 70 heavy (non-hydrogen) atoms. The molecular formula is C32H18N6Na6O20S6. The number of nitrogen functional groups attached to an aromatic ring is 1. The molecule has 6 N–H and O–H groups in total. The molecular weight excluding hydrogens is 1120 g/mol. The fourth-order valence-corrected chi connectivity index (χ4v) is 9.94. The van der Waals surface area contributed by atoms with Crippen LogP contribution in [0, 0.1) is 0 Å². The second-order valence-electron chi connectivity index (χ2n) is 12.9. The van der Waals surface area contributed by atoms with Gasteiger partial charge in [0.15, 0.2) is 5.78 Å². The number of Topliss-reactive ketones (excluding diaryl/α,β-unsaturated/α-hetero) is 1. The second-order valence-corrected chi connectivity index (χ2v) is 21.1. The number of rotatable bonds is 11. The van der Waals surface area contributed by atoms with Crippen LogP contribution in [0.15, 0.2) is 123 Å². The number of hydrogen-bond acceptors (Lipinski definition) is 26. The molecule has 0 radical (unpaired) electrons. The van der Waals surface area contributed by atoms with Gasteiger partial charge in [0.2, 0.25) is 5.78 Å². The molecule has 338 valence electrons. The number of fused-ring (bicyclic) bond motifs is 2. The molecule has 0 unspecified atom stereocenters. The number of benzene rings is 3. The van der Waals surface area contributed by atoms with Crippen molar-refractivity contribution in [1.29, 1.82) is 0 Å². The van der Waals surface area contributed by atoms with Crippen LogP contribution in [0.5, 0.6) is 0 Å². The van der Waals surface area contributed by atoms with Gasteiger partial charge >= 0.3 is 177 Å². The summed E-state index contributed by atoms with van der Waals surface area (Å²) in [6.07, 6.45) is 1.87. The van der Waals surface area contributed by atoms with Crippen LogP contribution >= 0.6 is 0 Å². The maximum atomic E-state index is 13.4. The summed E-state index contributed by atoms with van der Waals surface area (Å²) in [4.78, 5) is 18.8. The zero-order chi connectivity index (χ0) is 47.9. The average molecular weight is 1140 g/mol. The molecule has 0 saturated carbocycles. The Morgan fingerprint density at radius 1 is 0.486 bits per heavy atom. The third kappa shape index (κ3) is 15.4. The molecule has 0 aliphatic heterocycles. The van der Waals surface area contributed by atoms with Crippen molar-refractivity contribution in [3.8, 4) is 11.1 Å². The van der Waals surface area contributed by atoms with Gasteiger partial charge in [-0.2, -0.15) is 10.2 Å². The molecule has 3 aliphatic rings. The quantitative estimate of drug-likeness (QED) is 0.0599. The van der Waals surface area contributed by atoms with E-state index in [0.717, 1.165) is 24.3 Å². The van der Waals surface area contributed by atoms with Gasteiger partial charge in [-0.15, -0.1) is 0 Å². The summed E-state index contributed by atoms with van der Waals surface area (Å²) in [6, 6.07) is 5.34. The normalized spacial score (nSPS) is 16.1. The molecule has 3 aliphatic carbocycles. The first-order chi connectivity index (χ1) is 29.2. The fraction of sp³-hybridized carbons (Fsp3) is 0. The van der Waals surface area contributed by atoms with Gasteiger partial charge in [0, 0.05) is 22.9 Å². The maximum Gasteiger partial charge on any atom is 1.00 e. The topological polar surface area (TPSA) is 478 Å². The maximum absolute atomic E-state index is 13.4. The van der Waals surface area contributed by atoms with Crippen LogP contribution in [0.4, 0.5) is 17.1 Å². The first-order valence-electron chi connectivity index (χ1n) is 16.3. The van der Waals surface area contributed by atoms with Crippen LogP contribution in [0.1, 0.15) is 15.9 Å². The first-order valence-corrected chi connectivity index (χ1v) is 24.7. The Bertz CT molecular complexity index is 3670. The third-order valence-corrected chi connectivity index (χ3v) is 13.9. The Morgan fingerprint density at radius 3 is 1.34 bits per heavy atom. The van der Waals surface area contributed by atoms with Crippen molar-refractivity contribution in [2.75, 3.05) is 16.6 Å². The van der Waals surface area contributed by atoms with E-state index in [0.29, 0.717) is 48.6 Å². The molecule has 0 bridgehead atoms. The van der Waals surface area contributed by atoms with Gasteiger partial charge in [-0.25, -0.2) is 50.5 Å². The Balaban J connectivity index is 0.00000793. The molecule has 0 spiro atoms. The number of anilines is 3. The number of nitrogens with zero attached hydrogens (tertiary/aromatic N) is 2. The van der Waals surface area contributed by atoms with Gasteiger partial charge in [0.25, 0.3) is 0 Å². The third-order valence-electron chi connectivity index (χ3n) is 8.79. The minimum atomic E-state index is -5.69. The number of allylic oxidation sites excluding steroid dienone is 7. The van der Waals surface area contributed by atoms with Crippen LogP contribution in [0.3, 0.4) is 0 Å². The number of carbonyl (C=O) groups is 2. The van der Waals surface area contributed by atoms with Gasteiger partial charge in [-0.05, 0) is 65.8 Å². The minimum absolute atomic E-state index is 0. The van der Waals surface area contributed by atoms with E-state index in [1.807, 2.05) is 5.43 Å². The van der Waals surface area contributed by atoms with E-state index in [2.05, 4.69) is 15.6 Å². The predicted molar refractivity (Wildman–Crippen MR) is 211 cm³/mol. The Morgan fingerprint density at radius 2 is 0.929 bits per heavy atom. The molecule has 3 aromatic rings. The predicted octanol–water partition coefficient (Wildman–Crippen LogP) is -19.4. The number of nitrogens with two attached hydrogens (primary N) is 2. The Kier molecular flexibility index (Phi) is 25.1. The van der Waals surface area contributed by atoms with Gasteiger partial charge in [0.1, 0.15) is 72.1 Å². The van der Waals surface area contributed by atoms with Crippen LogP contribution in [-0.2, 0) is 65.5 Å². The number of hydrazone groups is 2. The second kappa shape index (κ2) is 25.2. The zero-order valence-corrected chi connectivity index (χ0v) is 53.5. The number of hydrogen-bond donors (Lipinski definition) is 4. The molecule has 0 saturated heterocycles. The number of nitrogens with one attached hydrogen (secondary N) is 2. The summed E-state index contributed by atoms with van der Waals surface area (Å²) in [5, 5.41) is 7.20. The van der Waals surface area contributed by atoms with Crippen LogP contribution < -0.4 is 200 Å². The summed E-state index contributed by atoms with van der Waals surface area (Å²) >= 11 is 0. The SMILES string of the molecule is NC1=C2C(=O)C=C(S(=O)(=O)[O-])C=C2C=C(S(=O)(=O)[O-])/C1=N\Nc1ccc(-c2ccc(N/N=C3\C(=O)c4c(N)cc(S(=O)(=O)[O-])cc4C=C3S(=O)(=O)[O-])cc2S(=O)(=O)[O-])c(S(=O)(=O)[O-])c1.[Na+].[Na+].[Na+].[Na+].[Na+].[Na+].